The monoisotopic (exact) mass is 371 g/mol. The predicted molar refractivity (Wildman–Crippen MR) is 96.6 cm³/mol. The Morgan fingerprint density at radius 3 is 2.92 bits per heavy atom. The summed E-state index contributed by atoms with van der Waals surface area (Å²) in [6.07, 6.45) is 3.98. The Morgan fingerprint density at radius 2 is 2.12 bits per heavy atom. The van der Waals surface area contributed by atoms with E-state index in [0.717, 1.165) is 17.7 Å². The third-order valence-electron chi connectivity index (χ3n) is 4.39. The first-order valence-electron chi connectivity index (χ1n) is 8.25. The molecule has 3 heterocycles. The van der Waals surface area contributed by atoms with Crippen molar-refractivity contribution in [1.82, 2.24) is 14.8 Å². The summed E-state index contributed by atoms with van der Waals surface area (Å²) in [6.45, 7) is 2.43. The van der Waals surface area contributed by atoms with Crippen LogP contribution in [0.4, 0.5) is 11.4 Å². The van der Waals surface area contributed by atoms with Crippen molar-refractivity contribution in [3.63, 3.8) is 0 Å². The van der Waals surface area contributed by atoms with Crippen LogP contribution in [-0.4, -0.2) is 35.7 Å². The fourth-order valence-electron chi connectivity index (χ4n) is 3.12. The molecule has 1 aliphatic rings. The van der Waals surface area contributed by atoms with Gasteiger partial charge < -0.3 is 4.90 Å². The van der Waals surface area contributed by atoms with Crippen LogP contribution in [0.1, 0.15) is 18.9 Å². The summed E-state index contributed by atoms with van der Waals surface area (Å²) in [7, 11) is -3.83. The third-order valence-corrected chi connectivity index (χ3v) is 5.79. The molecule has 0 atom stereocenters. The van der Waals surface area contributed by atoms with Gasteiger partial charge in [0.25, 0.3) is 10.0 Å². The zero-order valence-corrected chi connectivity index (χ0v) is 14.9. The zero-order valence-electron chi connectivity index (χ0n) is 14.1. The van der Waals surface area contributed by atoms with Gasteiger partial charge in [-0.05, 0) is 36.2 Å². The first-order chi connectivity index (χ1) is 12.5. The normalized spacial score (nSPS) is 13.8. The zero-order chi connectivity index (χ0) is 18.3. The molecule has 0 aliphatic carbocycles. The number of rotatable bonds is 4. The largest absolute Gasteiger partial charge is 0.312 e. The molecule has 2 aromatic heterocycles. The van der Waals surface area contributed by atoms with Gasteiger partial charge in [-0.2, -0.15) is 14.8 Å². The summed E-state index contributed by atoms with van der Waals surface area (Å²) in [6, 6.07) is 8.56. The summed E-state index contributed by atoms with van der Waals surface area (Å²) < 4.78 is 29.4. The predicted octanol–water partition coefficient (Wildman–Crippen LogP) is 1.83. The van der Waals surface area contributed by atoms with Gasteiger partial charge in [-0.3, -0.25) is 9.52 Å². The van der Waals surface area contributed by atoms with E-state index in [0.29, 0.717) is 24.2 Å². The first-order valence-corrected chi connectivity index (χ1v) is 9.73. The van der Waals surface area contributed by atoms with Crippen molar-refractivity contribution in [2.45, 2.75) is 24.7 Å². The Kier molecular flexibility index (Phi) is 3.87. The summed E-state index contributed by atoms with van der Waals surface area (Å²) in [4.78, 5) is 13.8. The second-order valence-corrected chi connectivity index (χ2v) is 7.66. The molecule has 0 saturated heterocycles. The van der Waals surface area contributed by atoms with Crippen LogP contribution in [-0.2, 0) is 21.2 Å². The van der Waals surface area contributed by atoms with Crippen LogP contribution in [0.25, 0.3) is 5.52 Å². The molecular weight excluding hydrogens is 354 g/mol. The SMILES string of the molecule is CCC(=O)N1CCc2ccc(NS(=O)(=O)c3cnn4ncccc34)cc21. The van der Waals surface area contributed by atoms with Crippen molar-refractivity contribution in [2.75, 3.05) is 16.2 Å². The molecule has 4 rings (SSSR count). The number of anilines is 2. The van der Waals surface area contributed by atoms with E-state index in [1.165, 1.54) is 17.0 Å². The van der Waals surface area contributed by atoms with Crippen molar-refractivity contribution in [2.24, 2.45) is 0 Å². The Balaban J connectivity index is 1.68. The smallest absolute Gasteiger partial charge is 0.265 e. The molecule has 9 heteroatoms. The van der Waals surface area contributed by atoms with Gasteiger partial charge in [-0.25, -0.2) is 8.42 Å². The molecule has 0 unspecified atom stereocenters. The van der Waals surface area contributed by atoms with Gasteiger partial charge in [0, 0.05) is 24.8 Å². The van der Waals surface area contributed by atoms with Crippen LogP contribution in [0.3, 0.4) is 0 Å². The Labute approximate surface area is 150 Å². The maximum atomic E-state index is 12.8. The molecule has 1 amide bonds. The van der Waals surface area contributed by atoms with Gasteiger partial charge in [-0.1, -0.05) is 13.0 Å². The molecule has 26 heavy (non-hydrogen) atoms. The Bertz CT molecular complexity index is 1110. The fourth-order valence-corrected chi connectivity index (χ4v) is 4.28. The van der Waals surface area contributed by atoms with Crippen molar-refractivity contribution >= 4 is 32.8 Å². The van der Waals surface area contributed by atoms with E-state index in [2.05, 4.69) is 14.9 Å². The number of sulfonamides is 1. The van der Waals surface area contributed by atoms with E-state index >= 15 is 0 Å². The van der Waals surface area contributed by atoms with Crippen molar-refractivity contribution in [1.29, 1.82) is 0 Å². The molecule has 0 radical (unpaired) electrons. The van der Waals surface area contributed by atoms with E-state index in [4.69, 9.17) is 0 Å². The Morgan fingerprint density at radius 1 is 1.27 bits per heavy atom. The number of nitrogens with zero attached hydrogens (tertiary/aromatic N) is 4. The van der Waals surface area contributed by atoms with Crippen LogP contribution in [0.5, 0.6) is 0 Å². The van der Waals surface area contributed by atoms with Gasteiger partial charge in [0.2, 0.25) is 5.91 Å². The lowest BCUT2D eigenvalue weighted by atomic mass is 10.1. The molecule has 0 bridgehead atoms. The fraction of sp³-hybridized carbons (Fsp3) is 0.235. The van der Waals surface area contributed by atoms with Crippen LogP contribution in [0.2, 0.25) is 0 Å². The van der Waals surface area contributed by atoms with Crippen LogP contribution in [0.15, 0.2) is 47.6 Å². The summed E-state index contributed by atoms with van der Waals surface area (Å²) in [5.74, 6) is 0.0254. The van der Waals surface area contributed by atoms with Crippen molar-refractivity contribution in [3.05, 3.63) is 48.3 Å². The van der Waals surface area contributed by atoms with E-state index in [1.54, 1.807) is 29.2 Å². The number of amides is 1. The lowest BCUT2D eigenvalue weighted by molar-refractivity contribution is -0.118. The second kappa shape index (κ2) is 6.10. The minimum absolute atomic E-state index is 0.0254. The first kappa shape index (κ1) is 16.5. The summed E-state index contributed by atoms with van der Waals surface area (Å²) >= 11 is 0. The van der Waals surface area contributed by atoms with E-state index < -0.39 is 10.0 Å². The minimum atomic E-state index is -3.83. The van der Waals surface area contributed by atoms with E-state index in [9.17, 15) is 13.2 Å². The topological polar surface area (TPSA) is 96.7 Å². The van der Waals surface area contributed by atoms with Crippen LogP contribution >= 0.6 is 0 Å². The highest BCUT2D eigenvalue weighted by molar-refractivity contribution is 7.93. The highest BCUT2D eigenvalue weighted by Crippen LogP contribution is 2.32. The lowest BCUT2D eigenvalue weighted by Gasteiger charge is -2.17. The van der Waals surface area contributed by atoms with Crippen LogP contribution < -0.4 is 9.62 Å². The quantitative estimate of drug-likeness (QED) is 0.755. The van der Waals surface area contributed by atoms with Crippen molar-refractivity contribution in [3.8, 4) is 0 Å². The van der Waals surface area contributed by atoms with E-state index in [1.807, 2.05) is 13.0 Å². The van der Waals surface area contributed by atoms with Gasteiger partial charge in [0.1, 0.15) is 10.4 Å². The summed E-state index contributed by atoms with van der Waals surface area (Å²) in [5.41, 5.74) is 2.60. The molecule has 3 aromatic rings. The van der Waals surface area contributed by atoms with Gasteiger partial charge in [-0.15, -0.1) is 0 Å². The molecular formula is C17H17N5O3S. The number of hydrogen-bond acceptors (Lipinski definition) is 5. The number of nitrogens with one attached hydrogen (secondary N) is 1. The summed E-state index contributed by atoms with van der Waals surface area (Å²) in [5, 5.41) is 7.94. The van der Waals surface area contributed by atoms with Gasteiger partial charge in [0.05, 0.1) is 11.9 Å². The van der Waals surface area contributed by atoms with E-state index in [-0.39, 0.29) is 10.8 Å². The second-order valence-electron chi connectivity index (χ2n) is 6.01. The number of fused-ring (bicyclic) bond motifs is 2. The molecule has 1 N–H and O–H groups in total. The maximum Gasteiger partial charge on any atom is 0.265 e. The van der Waals surface area contributed by atoms with Gasteiger partial charge >= 0.3 is 0 Å². The maximum absolute atomic E-state index is 12.8. The highest BCUT2D eigenvalue weighted by atomic mass is 32.2. The minimum Gasteiger partial charge on any atom is -0.312 e. The standard InChI is InChI=1S/C17H17N5O3S/c1-2-17(23)21-9-7-12-5-6-13(10-15(12)21)20-26(24,25)16-11-19-22-14(16)4-3-8-18-22/h3-6,8,10-11,20H,2,7,9H2,1H3. The molecule has 0 saturated carbocycles. The molecule has 0 fully saturated rings. The third kappa shape index (κ3) is 2.70. The average molecular weight is 371 g/mol. The molecule has 1 aliphatic heterocycles. The number of aromatic nitrogens is 3. The molecule has 0 spiro atoms. The molecule has 8 nitrogen and oxygen atoms in total. The average Bonchev–Trinajstić information content (AvgIpc) is 3.25. The number of hydrogen-bond donors (Lipinski definition) is 1. The van der Waals surface area contributed by atoms with Crippen molar-refractivity contribution < 1.29 is 13.2 Å². The lowest BCUT2D eigenvalue weighted by Crippen LogP contribution is -2.27. The number of carbonyl (C=O) groups is 1. The highest BCUT2D eigenvalue weighted by Gasteiger charge is 2.25. The van der Waals surface area contributed by atoms with Crippen LogP contribution in [0, 0.1) is 0 Å². The molecule has 134 valence electrons. The molecule has 1 aromatic carbocycles. The van der Waals surface area contributed by atoms with Gasteiger partial charge in [0.15, 0.2) is 0 Å². The number of carbonyl (C=O) groups excluding carboxylic acids is 1. The Hall–Kier alpha value is -2.94. The number of benzene rings is 1.